The van der Waals surface area contributed by atoms with Gasteiger partial charge < -0.3 is 9.84 Å². The molecule has 0 radical (unpaired) electrons. The highest BCUT2D eigenvalue weighted by Crippen LogP contribution is 2.43. The van der Waals surface area contributed by atoms with Gasteiger partial charge in [-0.2, -0.15) is 0 Å². The first-order chi connectivity index (χ1) is 11.5. The minimum absolute atomic E-state index is 0.107. The summed E-state index contributed by atoms with van der Waals surface area (Å²) in [6.07, 6.45) is 0. The van der Waals surface area contributed by atoms with Crippen LogP contribution in [-0.4, -0.2) is 25.6 Å². The van der Waals surface area contributed by atoms with Gasteiger partial charge in [-0.25, -0.2) is 13.4 Å². The number of hydrogen-bond acceptors (Lipinski definition) is 5. The van der Waals surface area contributed by atoms with Gasteiger partial charge in [0.2, 0.25) is 9.84 Å². The molecule has 0 saturated heterocycles. The fourth-order valence-electron chi connectivity index (χ4n) is 2.85. The summed E-state index contributed by atoms with van der Waals surface area (Å²) in [6.45, 7) is 0. The van der Waals surface area contributed by atoms with Gasteiger partial charge in [-0.3, -0.25) is 0 Å². The molecule has 0 spiro atoms. The molecule has 0 amide bonds. The molecule has 4 rings (SSSR count). The lowest BCUT2D eigenvalue weighted by Crippen LogP contribution is -2.03. The second-order valence-corrected chi connectivity index (χ2v) is 7.25. The predicted molar refractivity (Wildman–Crippen MR) is 91.4 cm³/mol. The quantitative estimate of drug-likeness (QED) is 0.774. The zero-order valence-electron chi connectivity index (χ0n) is 12.7. The maximum atomic E-state index is 12.9. The number of nitrogens with zero attached hydrogens (tertiary/aromatic N) is 1. The Morgan fingerprint density at radius 2 is 1.75 bits per heavy atom. The van der Waals surface area contributed by atoms with Crippen LogP contribution in [0.3, 0.4) is 0 Å². The Kier molecular flexibility index (Phi) is 3.11. The van der Waals surface area contributed by atoms with Gasteiger partial charge in [-0.1, -0.05) is 18.2 Å². The number of pyridine rings is 1. The van der Waals surface area contributed by atoms with E-state index in [9.17, 15) is 13.5 Å². The van der Waals surface area contributed by atoms with Crippen molar-refractivity contribution >= 4 is 31.4 Å². The Morgan fingerprint density at radius 1 is 1.04 bits per heavy atom. The van der Waals surface area contributed by atoms with Crippen LogP contribution in [0.5, 0.6) is 5.75 Å². The fraction of sp³-hybridized carbons (Fsp3) is 0.0556. The molecule has 1 aliphatic heterocycles. The Bertz CT molecular complexity index is 1100. The van der Waals surface area contributed by atoms with Gasteiger partial charge in [-0.15, -0.1) is 0 Å². The highest BCUT2D eigenvalue weighted by molar-refractivity contribution is 8.01. The van der Waals surface area contributed by atoms with Crippen LogP contribution in [0.25, 0.3) is 21.6 Å². The third kappa shape index (κ3) is 2.00. The minimum atomic E-state index is -3.88. The average molecular weight is 339 g/mol. The first-order valence-electron chi connectivity index (χ1n) is 7.25. The number of ether oxygens (including phenoxy) is 1. The van der Waals surface area contributed by atoms with E-state index in [1.165, 1.54) is 7.11 Å². The van der Waals surface area contributed by atoms with Gasteiger partial charge in [0, 0.05) is 5.39 Å². The van der Waals surface area contributed by atoms with E-state index in [1.807, 2.05) is 12.1 Å². The number of methoxy groups -OCH3 is 1. The number of fused-ring (bicyclic) bond motifs is 2. The smallest absolute Gasteiger partial charge is 0.228 e. The topological polar surface area (TPSA) is 76.5 Å². The molecule has 1 N–H and O–H groups in total. The van der Waals surface area contributed by atoms with Crippen LogP contribution in [0.2, 0.25) is 0 Å². The van der Waals surface area contributed by atoms with Gasteiger partial charge in [-0.05, 0) is 42.0 Å². The highest BCUT2D eigenvalue weighted by atomic mass is 32.2. The number of rotatable bonds is 2. The van der Waals surface area contributed by atoms with Gasteiger partial charge in [0.1, 0.15) is 16.4 Å². The maximum Gasteiger partial charge on any atom is 0.228 e. The van der Waals surface area contributed by atoms with Crippen molar-refractivity contribution in [2.45, 2.75) is 5.03 Å². The van der Waals surface area contributed by atoms with Crippen LogP contribution >= 0.6 is 0 Å². The molecule has 24 heavy (non-hydrogen) atoms. The van der Waals surface area contributed by atoms with E-state index in [0.29, 0.717) is 16.8 Å². The number of para-hydroxylation sites is 1. The van der Waals surface area contributed by atoms with Crippen LogP contribution in [-0.2, 0) is 9.84 Å². The van der Waals surface area contributed by atoms with Crippen LogP contribution in [0, 0.1) is 0 Å². The second-order valence-electron chi connectivity index (χ2n) is 5.44. The van der Waals surface area contributed by atoms with E-state index < -0.39 is 9.84 Å². The van der Waals surface area contributed by atoms with Crippen molar-refractivity contribution in [3.8, 4) is 5.75 Å². The van der Waals surface area contributed by atoms with Crippen molar-refractivity contribution < 1.29 is 18.3 Å². The van der Waals surface area contributed by atoms with Gasteiger partial charge >= 0.3 is 0 Å². The molecule has 5 nitrogen and oxygen atoms in total. The SMILES string of the molecule is COc1ccc(C2=C(O)c3cc4ccccc4nc3S2(=O)=O)cc1. The molecule has 0 saturated carbocycles. The Hall–Kier alpha value is -2.86. The molecule has 2 heterocycles. The molecule has 1 aromatic heterocycles. The second kappa shape index (κ2) is 5.07. The lowest BCUT2D eigenvalue weighted by Gasteiger charge is -2.05. The zero-order valence-corrected chi connectivity index (χ0v) is 13.5. The fourth-order valence-corrected chi connectivity index (χ4v) is 4.52. The zero-order chi connectivity index (χ0) is 16.9. The number of aromatic nitrogens is 1. The Morgan fingerprint density at radius 3 is 2.46 bits per heavy atom. The summed E-state index contributed by atoms with van der Waals surface area (Å²) in [6, 6.07) is 15.4. The molecule has 3 aromatic rings. The average Bonchev–Trinajstić information content (AvgIpc) is 2.79. The summed E-state index contributed by atoms with van der Waals surface area (Å²) in [7, 11) is -2.35. The Labute approximate surface area is 138 Å². The van der Waals surface area contributed by atoms with E-state index in [1.54, 1.807) is 42.5 Å². The minimum Gasteiger partial charge on any atom is -0.506 e. The maximum absolute atomic E-state index is 12.9. The summed E-state index contributed by atoms with van der Waals surface area (Å²) >= 11 is 0. The normalized spacial score (nSPS) is 15.5. The number of aliphatic hydroxyl groups excluding tert-OH is 1. The highest BCUT2D eigenvalue weighted by Gasteiger charge is 2.38. The van der Waals surface area contributed by atoms with Crippen molar-refractivity contribution in [3.05, 3.63) is 65.7 Å². The summed E-state index contributed by atoms with van der Waals surface area (Å²) in [5.41, 5.74) is 1.21. The molecule has 0 atom stereocenters. The third-order valence-corrected chi connectivity index (χ3v) is 5.82. The number of aliphatic hydroxyl groups is 1. The Balaban J connectivity index is 1.97. The molecule has 0 aliphatic carbocycles. The summed E-state index contributed by atoms with van der Waals surface area (Å²) in [5, 5.41) is 11.2. The van der Waals surface area contributed by atoms with Crippen molar-refractivity contribution in [2.75, 3.05) is 7.11 Å². The molecular formula is C18H13NO4S. The van der Waals surface area contributed by atoms with Crippen LogP contribution in [0.1, 0.15) is 11.1 Å². The monoisotopic (exact) mass is 339 g/mol. The number of sulfone groups is 1. The van der Waals surface area contributed by atoms with Crippen molar-refractivity contribution in [2.24, 2.45) is 0 Å². The lowest BCUT2D eigenvalue weighted by molar-refractivity contribution is 0.415. The van der Waals surface area contributed by atoms with E-state index in [4.69, 9.17) is 4.74 Å². The molecule has 2 aromatic carbocycles. The van der Waals surface area contributed by atoms with Crippen molar-refractivity contribution in [3.63, 3.8) is 0 Å². The van der Waals surface area contributed by atoms with E-state index in [2.05, 4.69) is 4.98 Å². The largest absolute Gasteiger partial charge is 0.506 e. The van der Waals surface area contributed by atoms with Gasteiger partial charge in [0.15, 0.2) is 5.03 Å². The first-order valence-corrected chi connectivity index (χ1v) is 8.73. The van der Waals surface area contributed by atoms with E-state index >= 15 is 0 Å². The first kappa shape index (κ1) is 14.7. The van der Waals surface area contributed by atoms with E-state index in [0.717, 1.165) is 5.39 Å². The molecule has 6 heteroatoms. The molecule has 0 bridgehead atoms. The lowest BCUT2D eigenvalue weighted by atomic mass is 10.1. The van der Waals surface area contributed by atoms with Crippen molar-refractivity contribution in [1.82, 2.24) is 4.98 Å². The number of hydrogen-bond donors (Lipinski definition) is 1. The summed E-state index contributed by atoms with van der Waals surface area (Å²) < 4.78 is 30.8. The van der Waals surface area contributed by atoms with E-state index in [-0.39, 0.29) is 21.3 Å². The molecule has 120 valence electrons. The molecular weight excluding hydrogens is 326 g/mol. The summed E-state index contributed by atoms with van der Waals surface area (Å²) in [4.78, 5) is 4.13. The number of benzene rings is 2. The molecule has 1 aliphatic rings. The molecule has 0 fully saturated rings. The van der Waals surface area contributed by atoms with Crippen LogP contribution < -0.4 is 4.74 Å². The van der Waals surface area contributed by atoms with Crippen LogP contribution in [0.15, 0.2) is 59.6 Å². The van der Waals surface area contributed by atoms with Crippen molar-refractivity contribution in [1.29, 1.82) is 0 Å². The van der Waals surface area contributed by atoms with Gasteiger partial charge in [0.05, 0.1) is 18.2 Å². The van der Waals surface area contributed by atoms with Gasteiger partial charge in [0.25, 0.3) is 0 Å². The standard InChI is InChI=1S/C18H13NO4S/c1-23-13-8-6-11(7-9-13)17-16(20)14-10-12-4-2-3-5-15(12)19-18(14)24(17,21)22/h2-10,20H,1H3. The third-order valence-electron chi connectivity index (χ3n) is 4.03. The van der Waals surface area contributed by atoms with Crippen LogP contribution in [0.4, 0.5) is 0 Å². The molecule has 0 unspecified atom stereocenters. The summed E-state index contributed by atoms with van der Waals surface area (Å²) in [5.74, 6) is 0.337. The predicted octanol–water partition coefficient (Wildman–Crippen LogP) is 3.41.